The van der Waals surface area contributed by atoms with Crippen LogP contribution in [-0.2, 0) is 9.59 Å². The molecule has 19 heavy (non-hydrogen) atoms. The van der Waals surface area contributed by atoms with Gasteiger partial charge in [0.1, 0.15) is 6.04 Å². The predicted octanol–water partition coefficient (Wildman–Crippen LogP) is 1.86. The van der Waals surface area contributed by atoms with E-state index in [4.69, 9.17) is 0 Å². The summed E-state index contributed by atoms with van der Waals surface area (Å²) in [6.45, 7) is 6.22. The summed E-state index contributed by atoms with van der Waals surface area (Å²) in [6.07, 6.45) is 7.85. The first kappa shape index (κ1) is 14.1. The third-order valence-electron chi connectivity index (χ3n) is 4.40. The van der Waals surface area contributed by atoms with Crippen molar-refractivity contribution in [1.82, 2.24) is 10.2 Å². The zero-order valence-corrected chi connectivity index (χ0v) is 11.7. The lowest BCUT2D eigenvalue weighted by Gasteiger charge is -2.33. The molecule has 0 aromatic rings. The molecule has 1 aliphatic carbocycles. The molecular formula is C15H24N2O2. The molecule has 2 fully saturated rings. The monoisotopic (exact) mass is 264 g/mol. The maximum atomic E-state index is 12.7. The van der Waals surface area contributed by atoms with Crippen molar-refractivity contribution in [2.45, 2.75) is 57.5 Å². The number of carbonyl (C=O) groups excluding carboxylic acids is 2. The molecule has 1 aliphatic heterocycles. The number of hydrogen-bond acceptors (Lipinski definition) is 2. The molecule has 2 rings (SSSR count). The quantitative estimate of drug-likeness (QED) is 0.791. The van der Waals surface area contributed by atoms with Crippen LogP contribution in [0.3, 0.4) is 0 Å². The Kier molecular flexibility index (Phi) is 4.61. The van der Waals surface area contributed by atoms with Crippen LogP contribution in [0.2, 0.25) is 0 Å². The van der Waals surface area contributed by atoms with Crippen LogP contribution < -0.4 is 5.32 Å². The summed E-state index contributed by atoms with van der Waals surface area (Å²) in [5.41, 5.74) is 0. The molecule has 4 heteroatoms. The minimum atomic E-state index is -0.322. The van der Waals surface area contributed by atoms with E-state index in [-0.39, 0.29) is 23.9 Å². The van der Waals surface area contributed by atoms with E-state index in [1.54, 1.807) is 11.0 Å². The van der Waals surface area contributed by atoms with Crippen LogP contribution in [0.4, 0.5) is 0 Å². The van der Waals surface area contributed by atoms with Gasteiger partial charge in [-0.2, -0.15) is 0 Å². The number of nitrogens with one attached hydrogen (secondary N) is 1. The molecule has 1 N–H and O–H groups in total. The van der Waals surface area contributed by atoms with Gasteiger partial charge in [-0.25, -0.2) is 0 Å². The summed E-state index contributed by atoms with van der Waals surface area (Å²) in [5, 5.41) is 2.94. The second-order valence-electron chi connectivity index (χ2n) is 5.70. The lowest BCUT2D eigenvalue weighted by Crippen LogP contribution is -2.51. The van der Waals surface area contributed by atoms with Gasteiger partial charge in [0.2, 0.25) is 11.8 Å². The molecule has 1 saturated heterocycles. The third kappa shape index (κ3) is 3.17. The van der Waals surface area contributed by atoms with Crippen molar-refractivity contribution in [3.8, 4) is 0 Å². The average Bonchev–Trinajstić information content (AvgIpc) is 2.59. The van der Waals surface area contributed by atoms with Crippen LogP contribution in [0.5, 0.6) is 0 Å². The van der Waals surface area contributed by atoms with E-state index in [0.29, 0.717) is 18.9 Å². The van der Waals surface area contributed by atoms with Gasteiger partial charge in [0.05, 0.1) is 0 Å². The van der Waals surface area contributed by atoms with Gasteiger partial charge in [0.15, 0.2) is 0 Å². The van der Waals surface area contributed by atoms with E-state index in [9.17, 15) is 9.59 Å². The summed E-state index contributed by atoms with van der Waals surface area (Å²) in [4.78, 5) is 26.3. The highest BCUT2D eigenvalue weighted by Crippen LogP contribution is 2.28. The van der Waals surface area contributed by atoms with E-state index >= 15 is 0 Å². The molecule has 0 radical (unpaired) electrons. The van der Waals surface area contributed by atoms with E-state index in [2.05, 4.69) is 11.9 Å². The van der Waals surface area contributed by atoms with Crippen molar-refractivity contribution in [2.75, 3.05) is 6.54 Å². The fourth-order valence-corrected chi connectivity index (χ4v) is 3.14. The van der Waals surface area contributed by atoms with Crippen LogP contribution in [0.15, 0.2) is 12.7 Å². The smallest absolute Gasteiger partial charge is 0.245 e. The minimum Gasteiger partial charge on any atom is -0.344 e. The second-order valence-corrected chi connectivity index (χ2v) is 5.70. The number of rotatable bonds is 3. The first-order valence-corrected chi connectivity index (χ1v) is 7.36. The molecule has 2 aliphatic rings. The van der Waals surface area contributed by atoms with Crippen molar-refractivity contribution in [3.63, 3.8) is 0 Å². The number of amides is 2. The lowest BCUT2D eigenvalue weighted by atomic mass is 9.83. The van der Waals surface area contributed by atoms with Gasteiger partial charge in [-0.15, -0.1) is 6.58 Å². The van der Waals surface area contributed by atoms with Gasteiger partial charge in [-0.05, 0) is 25.7 Å². The molecule has 2 amide bonds. The summed E-state index contributed by atoms with van der Waals surface area (Å²) < 4.78 is 0. The number of hydrogen-bond donors (Lipinski definition) is 1. The fraction of sp³-hybridized carbons (Fsp3) is 0.733. The molecule has 1 saturated carbocycles. The van der Waals surface area contributed by atoms with Gasteiger partial charge in [-0.1, -0.05) is 25.3 Å². The standard InChI is InChI=1S/C15H24N2O2/c1-3-11(2)17-10-9-13(18)16-14(15(17)19)12-7-5-4-6-8-12/h3,11-12,14H,1,4-10H2,2H3,(H,16,18). The first-order valence-electron chi connectivity index (χ1n) is 7.36. The Hall–Kier alpha value is -1.32. The topological polar surface area (TPSA) is 49.4 Å². The fourth-order valence-electron chi connectivity index (χ4n) is 3.14. The SMILES string of the molecule is C=CC(C)N1CCC(=O)NC(C2CCCCC2)C1=O. The summed E-state index contributed by atoms with van der Waals surface area (Å²) >= 11 is 0. The van der Waals surface area contributed by atoms with Crippen molar-refractivity contribution in [1.29, 1.82) is 0 Å². The molecule has 2 atom stereocenters. The van der Waals surface area contributed by atoms with Crippen molar-refractivity contribution in [2.24, 2.45) is 5.92 Å². The Bertz CT molecular complexity index is 361. The molecule has 2 unspecified atom stereocenters. The van der Waals surface area contributed by atoms with Crippen molar-refractivity contribution in [3.05, 3.63) is 12.7 Å². The van der Waals surface area contributed by atoms with Crippen LogP contribution >= 0.6 is 0 Å². The van der Waals surface area contributed by atoms with Gasteiger partial charge in [-0.3, -0.25) is 9.59 Å². The van der Waals surface area contributed by atoms with Crippen LogP contribution in [-0.4, -0.2) is 35.3 Å². The highest BCUT2D eigenvalue weighted by Gasteiger charge is 2.36. The Morgan fingerprint density at radius 2 is 2.00 bits per heavy atom. The lowest BCUT2D eigenvalue weighted by molar-refractivity contribution is -0.136. The molecule has 0 aromatic carbocycles. The Morgan fingerprint density at radius 1 is 1.32 bits per heavy atom. The molecule has 0 bridgehead atoms. The maximum Gasteiger partial charge on any atom is 0.245 e. The molecule has 106 valence electrons. The van der Waals surface area contributed by atoms with Gasteiger partial charge < -0.3 is 10.2 Å². The molecule has 4 nitrogen and oxygen atoms in total. The number of carbonyl (C=O) groups is 2. The van der Waals surface area contributed by atoms with E-state index < -0.39 is 0 Å². The summed E-state index contributed by atoms with van der Waals surface area (Å²) in [6, 6.07) is -0.330. The van der Waals surface area contributed by atoms with E-state index in [1.807, 2.05) is 6.92 Å². The Morgan fingerprint density at radius 3 is 2.63 bits per heavy atom. The van der Waals surface area contributed by atoms with Gasteiger partial charge in [0, 0.05) is 19.0 Å². The van der Waals surface area contributed by atoms with Gasteiger partial charge in [0.25, 0.3) is 0 Å². The Labute approximate surface area is 115 Å². The van der Waals surface area contributed by atoms with Gasteiger partial charge >= 0.3 is 0 Å². The maximum absolute atomic E-state index is 12.7. The Balaban J connectivity index is 2.16. The molecule has 0 aromatic heterocycles. The number of nitrogens with zero attached hydrogens (tertiary/aromatic N) is 1. The van der Waals surface area contributed by atoms with Crippen LogP contribution in [0.1, 0.15) is 45.4 Å². The summed E-state index contributed by atoms with van der Waals surface area (Å²) in [7, 11) is 0. The highest BCUT2D eigenvalue weighted by molar-refractivity contribution is 5.90. The summed E-state index contributed by atoms with van der Waals surface area (Å²) in [5.74, 6) is 0.385. The normalized spacial score (nSPS) is 27.6. The van der Waals surface area contributed by atoms with Crippen LogP contribution in [0, 0.1) is 5.92 Å². The zero-order valence-electron chi connectivity index (χ0n) is 11.7. The molecular weight excluding hydrogens is 240 g/mol. The predicted molar refractivity (Wildman–Crippen MR) is 74.5 cm³/mol. The average molecular weight is 264 g/mol. The third-order valence-corrected chi connectivity index (χ3v) is 4.40. The zero-order chi connectivity index (χ0) is 13.8. The van der Waals surface area contributed by atoms with E-state index in [0.717, 1.165) is 12.8 Å². The van der Waals surface area contributed by atoms with Crippen molar-refractivity contribution >= 4 is 11.8 Å². The van der Waals surface area contributed by atoms with Crippen LogP contribution in [0.25, 0.3) is 0 Å². The minimum absolute atomic E-state index is 0.00249. The largest absolute Gasteiger partial charge is 0.344 e. The van der Waals surface area contributed by atoms with Crippen molar-refractivity contribution < 1.29 is 9.59 Å². The highest BCUT2D eigenvalue weighted by atomic mass is 16.2. The molecule has 1 heterocycles. The first-order chi connectivity index (χ1) is 9.13. The van der Waals surface area contributed by atoms with E-state index in [1.165, 1.54) is 19.3 Å². The second kappa shape index (κ2) is 6.22. The molecule has 0 spiro atoms.